The van der Waals surface area contributed by atoms with Gasteiger partial charge in [-0.3, -0.25) is 0 Å². The molecule has 3 aromatic rings. The zero-order valence-corrected chi connectivity index (χ0v) is 21.2. The number of likely N-dealkylation sites (tertiary alicyclic amines) is 1. The summed E-state index contributed by atoms with van der Waals surface area (Å²) in [5.74, 6) is 0.103. The number of hydrogen-bond acceptors (Lipinski definition) is 5. The molecule has 0 atom stereocenters. The fourth-order valence-electron chi connectivity index (χ4n) is 4.04. The maximum Gasteiger partial charge on any atom is 0.319 e. The van der Waals surface area contributed by atoms with E-state index in [0.717, 1.165) is 30.8 Å². The number of anilines is 2. The number of nitrogen functional groups attached to an aromatic ring is 1. The van der Waals surface area contributed by atoms with E-state index in [1.807, 2.05) is 24.3 Å². The molecule has 2 aromatic carbocycles. The second kappa shape index (κ2) is 12.3. The van der Waals surface area contributed by atoms with Crippen LogP contribution in [0.15, 0.2) is 48.7 Å². The summed E-state index contributed by atoms with van der Waals surface area (Å²) < 4.78 is 19.5. The molecule has 0 saturated carbocycles. The van der Waals surface area contributed by atoms with Crippen molar-refractivity contribution in [2.45, 2.75) is 19.3 Å². The minimum atomic E-state index is -0.531. The Morgan fingerprint density at radius 2 is 1.86 bits per heavy atom. The molecule has 10 heteroatoms. The first kappa shape index (κ1) is 26.0. The molecule has 0 spiro atoms. The van der Waals surface area contributed by atoms with Crippen molar-refractivity contribution >= 4 is 40.7 Å². The first-order valence-electron chi connectivity index (χ1n) is 11.8. The molecule has 0 radical (unpaired) electrons. The van der Waals surface area contributed by atoms with Crippen LogP contribution in [0.5, 0.6) is 5.75 Å². The summed E-state index contributed by atoms with van der Waals surface area (Å²) in [6, 6.07) is 11.6. The fourth-order valence-corrected chi connectivity index (χ4v) is 4.60. The lowest BCUT2D eigenvalue weighted by Crippen LogP contribution is -2.35. The number of halogens is 3. The van der Waals surface area contributed by atoms with E-state index in [-0.39, 0.29) is 23.5 Å². The van der Waals surface area contributed by atoms with Crippen LogP contribution in [-0.4, -0.2) is 48.7 Å². The molecule has 190 valence electrons. The molecule has 4 rings (SSSR count). The number of hydrogen-bond donors (Lipinski definition) is 3. The number of pyridine rings is 1. The Morgan fingerprint density at radius 3 is 2.61 bits per heavy atom. The van der Waals surface area contributed by atoms with Crippen LogP contribution in [0.2, 0.25) is 10.0 Å². The average molecular weight is 532 g/mol. The fraction of sp³-hybridized carbons (Fsp3) is 0.308. The predicted octanol–water partition coefficient (Wildman–Crippen LogP) is 5.62. The molecule has 1 saturated heterocycles. The summed E-state index contributed by atoms with van der Waals surface area (Å²) in [7, 11) is 0. The molecule has 2 heterocycles. The van der Waals surface area contributed by atoms with Gasteiger partial charge >= 0.3 is 6.03 Å². The quantitative estimate of drug-likeness (QED) is 0.312. The molecule has 0 unspecified atom stereocenters. The zero-order valence-electron chi connectivity index (χ0n) is 19.7. The second-order valence-corrected chi connectivity index (χ2v) is 9.32. The van der Waals surface area contributed by atoms with Gasteiger partial charge in [0.1, 0.15) is 5.82 Å². The Balaban J connectivity index is 1.32. The maximum absolute atomic E-state index is 13.7. The van der Waals surface area contributed by atoms with E-state index >= 15 is 0 Å². The highest BCUT2D eigenvalue weighted by molar-refractivity contribution is 6.36. The monoisotopic (exact) mass is 531 g/mol. The summed E-state index contributed by atoms with van der Waals surface area (Å²) >= 11 is 12.2. The van der Waals surface area contributed by atoms with Gasteiger partial charge in [0.2, 0.25) is 0 Å². The Morgan fingerprint density at radius 1 is 1.11 bits per heavy atom. The molecule has 0 aliphatic carbocycles. The van der Waals surface area contributed by atoms with E-state index in [1.165, 1.54) is 25.0 Å². The zero-order chi connectivity index (χ0) is 25.5. The van der Waals surface area contributed by atoms with Crippen LogP contribution in [0.4, 0.5) is 20.7 Å². The van der Waals surface area contributed by atoms with E-state index in [2.05, 4.69) is 20.5 Å². The third kappa shape index (κ3) is 6.78. The summed E-state index contributed by atoms with van der Waals surface area (Å²) in [4.78, 5) is 18.7. The van der Waals surface area contributed by atoms with Gasteiger partial charge in [0.05, 0.1) is 11.6 Å². The molecule has 7 nitrogen and oxygen atoms in total. The number of rotatable bonds is 9. The number of nitrogens with two attached hydrogens (primary N) is 1. The third-order valence-corrected chi connectivity index (χ3v) is 6.78. The first-order valence-corrected chi connectivity index (χ1v) is 12.5. The minimum absolute atomic E-state index is 0.0140. The molecule has 4 N–H and O–H groups in total. The predicted molar refractivity (Wildman–Crippen MR) is 142 cm³/mol. The number of nitrogens with zero attached hydrogens (tertiary/aromatic N) is 2. The van der Waals surface area contributed by atoms with Crippen LogP contribution in [0, 0.1) is 5.82 Å². The summed E-state index contributed by atoms with van der Waals surface area (Å²) in [5.41, 5.74) is 8.81. The van der Waals surface area contributed by atoms with Crippen LogP contribution in [0.1, 0.15) is 18.4 Å². The summed E-state index contributed by atoms with van der Waals surface area (Å²) in [6.07, 6.45) is 4.41. The van der Waals surface area contributed by atoms with Crippen LogP contribution in [0.25, 0.3) is 11.1 Å². The topological polar surface area (TPSA) is 92.5 Å². The van der Waals surface area contributed by atoms with Crippen molar-refractivity contribution in [3.8, 4) is 16.9 Å². The molecule has 0 bridgehead atoms. The number of carbonyl (C=O) groups excluding carboxylic acids is 1. The van der Waals surface area contributed by atoms with Crippen molar-refractivity contribution in [3.63, 3.8) is 0 Å². The van der Waals surface area contributed by atoms with Gasteiger partial charge in [0.25, 0.3) is 0 Å². The van der Waals surface area contributed by atoms with E-state index in [4.69, 9.17) is 33.7 Å². The molecular weight excluding hydrogens is 504 g/mol. The van der Waals surface area contributed by atoms with Crippen molar-refractivity contribution in [1.82, 2.24) is 15.2 Å². The number of carbonyl (C=O) groups is 1. The molecule has 1 aromatic heterocycles. The smallest absolute Gasteiger partial charge is 0.319 e. The van der Waals surface area contributed by atoms with Crippen LogP contribution in [-0.2, 0) is 6.42 Å². The Bertz CT molecular complexity index is 1200. The highest BCUT2D eigenvalue weighted by Crippen LogP contribution is 2.30. The van der Waals surface area contributed by atoms with Crippen LogP contribution in [0.3, 0.4) is 0 Å². The number of benzene rings is 2. The third-order valence-electron chi connectivity index (χ3n) is 6.02. The molecule has 1 aliphatic rings. The lowest BCUT2D eigenvalue weighted by atomic mass is 10.1. The van der Waals surface area contributed by atoms with E-state index in [9.17, 15) is 9.18 Å². The lowest BCUT2D eigenvalue weighted by molar-refractivity contribution is 0.249. The van der Waals surface area contributed by atoms with Crippen LogP contribution >= 0.6 is 23.2 Å². The van der Waals surface area contributed by atoms with Gasteiger partial charge in [-0.05, 0) is 67.4 Å². The molecular formula is C26H28Cl2FN5O2. The van der Waals surface area contributed by atoms with Gasteiger partial charge in [0, 0.05) is 42.0 Å². The number of ether oxygens (including phenoxy) is 1. The number of nitrogens with one attached hydrogen (secondary N) is 2. The van der Waals surface area contributed by atoms with Crippen molar-refractivity contribution < 1.29 is 13.9 Å². The largest absolute Gasteiger partial charge is 0.489 e. The normalized spacial score (nSPS) is 13.5. The van der Waals surface area contributed by atoms with Gasteiger partial charge in [0.15, 0.2) is 11.6 Å². The van der Waals surface area contributed by atoms with Crippen molar-refractivity contribution in [3.05, 3.63) is 70.1 Å². The number of urea groups is 1. The van der Waals surface area contributed by atoms with Gasteiger partial charge < -0.3 is 26.0 Å². The van der Waals surface area contributed by atoms with Gasteiger partial charge in [-0.2, -0.15) is 0 Å². The Hall–Kier alpha value is -3.07. The number of aromatic nitrogens is 1. The Labute approximate surface area is 219 Å². The van der Waals surface area contributed by atoms with E-state index in [0.29, 0.717) is 35.0 Å². The second-order valence-electron chi connectivity index (χ2n) is 8.53. The minimum Gasteiger partial charge on any atom is -0.489 e. The Kier molecular flexibility index (Phi) is 8.85. The van der Waals surface area contributed by atoms with Crippen LogP contribution < -0.4 is 21.1 Å². The highest BCUT2D eigenvalue weighted by Gasteiger charge is 2.13. The van der Waals surface area contributed by atoms with Gasteiger partial charge in [-0.15, -0.1) is 0 Å². The average Bonchev–Trinajstić information content (AvgIpc) is 3.39. The standard InChI is InChI=1S/C26H28Cl2FN5O2/c27-21-7-8-22(29)24(28)20(21)9-14-36-23-15-18(16-32-25(23)30)17-3-5-19(6-4-17)33-26(35)31-10-13-34-11-1-2-12-34/h3-8,15-16H,1-2,9-14H2,(H2,30,32)(H2,31,33,35). The first-order chi connectivity index (χ1) is 17.4. The van der Waals surface area contributed by atoms with Crippen molar-refractivity contribution in [2.24, 2.45) is 0 Å². The molecule has 2 amide bonds. The van der Waals surface area contributed by atoms with Gasteiger partial charge in [-0.25, -0.2) is 14.2 Å². The molecule has 36 heavy (non-hydrogen) atoms. The molecule has 1 aliphatic heterocycles. The molecule has 1 fully saturated rings. The van der Waals surface area contributed by atoms with Crippen molar-refractivity contribution in [1.29, 1.82) is 0 Å². The van der Waals surface area contributed by atoms with E-state index in [1.54, 1.807) is 12.3 Å². The summed E-state index contributed by atoms with van der Waals surface area (Å²) in [6.45, 7) is 3.87. The van der Waals surface area contributed by atoms with Crippen molar-refractivity contribution in [2.75, 3.05) is 43.8 Å². The van der Waals surface area contributed by atoms with Gasteiger partial charge in [-0.1, -0.05) is 35.3 Å². The SMILES string of the molecule is Nc1ncc(-c2ccc(NC(=O)NCCN3CCCC3)cc2)cc1OCCc1c(Cl)ccc(F)c1Cl. The summed E-state index contributed by atoms with van der Waals surface area (Å²) in [5, 5.41) is 6.10. The maximum atomic E-state index is 13.7. The highest BCUT2D eigenvalue weighted by atomic mass is 35.5. The number of amides is 2. The van der Waals surface area contributed by atoms with E-state index < -0.39 is 5.82 Å². The lowest BCUT2D eigenvalue weighted by Gasteiger charge is -2.15.